The number of anilines is 1. The zero-order valence-electron chi connectivity index (χ0n) is 18.3. The van der Waals surface area contributed by atoms with Crippen LogP contribution in [0.5, 0.6) is 0 Å². The highest BCUT2D eigenvalue weighted by Gasteiger charge is 2.28. The number of carbonyl (C=O) groups is 1. The summed E-state index contributed by atoms with van der Waals surface area (Å²) in [6.07, 6.45) is 7.44. The molecule has 1 atom stereocenters. The predicted molar refractivity (Wildman–Crippen MR) is 119 cm³/mol. The van der Waals surface area contributed by atoms with E-state index in [9.17, 15) is 10.1 Å². The van der Waals surface area contributed by atoms with E-state index in [4.69, 9.17) is 14.7 Å². The van der Waals surface area contributed by atoms with Crippen molar-refractivity contribution in [1.82, 2.24) is 9.97 Å². The normalized spacial score (nSPS) is 19.4. The molecule has 6 nitrogen and oxygen atoms in total. The molecule has 1 aromatic heterocycles. The Morgan fingerprint density at radius 1 is 1.37 bits per heavy atom. The molecule has 0 amide bonds. The first-order valence-corrected chi connectivity index (χ1v) is 11.6. The van der Waals surface area contributed by atoms with Crippen LogP contribution in [-0.2, 0) is 22.4 Å². The molecule has 0 fully saturated rings. The summed E-state index contributed by atoms with van der Waals surface area (Å²) in [6.45, 7) is 11.1. The molecule has 160 valence electrons. The van der Waals surface area contributed by atoms with Crippen molar-refractivity contribution in [3.8, 4) is 6.07 Å². The third kappa shape index (κ3) is 5.42. The molecular formula is C23H30N4O2S. The van der Waals surface area contributed by atoms with E-state index in [2.05, 4.69) is 17.5 Å². The van der Waals surface area contributed by atoms with Gasteiger partial charge in [0, 0.05) is 43.0 Å². The van der Waals surface area contributed by atoms with Crippen molar-refractivity contribution in [1.29, 1.82) is 5.26 Å². The van der Waals surface area contributed by atoms with E-state index < -0.39 is 5.60 Å². The Morgan fingerprint density at radius 2 is 2.13 bits per heavy atom. The summed E-state index contributed by atoms with van der Waals surface area (Å²) >= 11 is 1.53. The highest BCUT2D eigenvalue weighted by molar-refractivity contribution is 7.98. The SMILES string of the molecule is C=C1CCc2c(nc(SC)nc2N2CCC(C(=O)OC(C)(C)C)=CC(CC#N)C2)C1. The van der Waals surface area contributed by atoms with E-state index in [1.807, 2.05) is 33.1 Å². The number of nitrogens with zero attached hydrogens (tertiary/aromatic N) is 4. The molecule has 2 aliphatic rings. The van der Waals surface area contributed by atoms with Crippen LogP contribution < -0.4 is 4.90 Å². The molecule has 30 heavy (non-hydrogen) atoms. The molecule has 0 spiro atoms. The van der Waals surface area contributed by atoms with Crippen LogP contribution in [0.15, 0.2) is 29.0 Å². The fourth-order valence-electron chi connectivity index (χ4n) is 3.87. The minimum atomic E-state index is -0.546. The second-order valence-corrected chi connectivity index (χ2v) is 9.67. The lowest BCUT2D eigenvalue weighted by molar-refractivity contribution is -0.150. The summed E-state index contributed by atoms with van der Waals surface area (Å²) in [4.78, 5) is 24.5. The second kappa shape index (κ2) is 9.22. The van der Waals surface area contributed by atoms with Crippen molar-refractivity contribution in [2.45, 2.75) is 63.6 Å². The zero-order chi connectivity index (χ0) is 21.9. The van der Waals surface area contributed by atoms with Gasteiger partial charge in [-0.15, -0.1) is 0 Å². The van der Waals surface area contributed by atoms with Crippen LogP contribution in [0.1, 0.15) is 51.3 Å². The van der Waals surface area contributed by atoms with Crippen molar-refractivity contribution in [3.63, 3.8) is 0 Å². The molecule has 1 aliphatic carbocycles. The lowest BCUT2D eigenvalue weighted by atomic mass is 9.92. The van der Waals surface area contributed by atoms with E-state index in [-0.39, 0.29) is 11.9 Å². The summed E-state index contributed by atoms with van der Waals surface area (Å²) in [5, 5.41) is 10.1. The third-order valence-corrected chi connectivity index (χ3v) is 5.78. The maximum absolute atomic E-state index is 12.7. The molecule has 1 aliphatic heterocycles. The molecule has 0 radical (unpaired) electrons. The number of hydrogen-bond acceptors (Lipinski definition) is 7. The lowest BCUT2D eigenvalue weighted by Crippen LogP contribution is -2.31. The van der Waals surface area contributed by atoms with Gasteiger partial charge in [-0.05, 0) is 46.3 Å². The molecule has 7 heteroatoms. The maximum atomic E-state index is 12.7. The molecule has 0 aromatic carbocycles. The monoisotopic (exact) mass is 426 g/mol. The minimum Gasteiger partial charge on any atom is -0.457 e. The molecule has 1 aromatic rings. The first-order valence-electron chi connectivity index (χ1n) is 10.4. The van der Waals surface area contributed by atoms with E-state index >= 15 is 0 Å². The largest absolute Gasteiger partial charge is 0.457 e. The Morgan fingerprint density at radius 3 is 2.80 bits per heavy atom. The van der Waals surface area contributed by atoms with Crippen LogP contribution >= 0.6 is 11.8 Å². The van der Waals surface area contributed by atoms with Gasteiger partial charge < -0.3 is 9.64 Å². The number of fused-ring (bicyclic) bond motifs is 1. The number of carbonyl (C=O) groups excluding carboxylic acids is 1. The van der Waals surface area contributed by atoms with Gasteiger partial charge >= 0.3 is 5.97 Å². The van der Waals surface area contributed by atoms with Gasteiger partial charge in [0.25, 0.3) is 0 Å². The summed E-state index contributed by atoms with van der Waals surface area (Å²) in [5.74, 6) is 0.596. The van der Waals surface area contributed by atoms with Crippen LogP contribution in [0.3, 0.4) is 0 Å². The van der Waals surface area contributed by atoms with Crippen molar-refractivity contribution in [2.24, 2.45) is 5.92 Å². The van der Waals surface area contributed by atoms with Crippen LogP contribution in [0.4, 0.5) is 5.82 Å². The van der Waals surface area contributed by atoms with Gasteiger partial charge in [0.2, 0.25) is 0 Å². The summed E-state index contributed by atoms with van der Waals surface area (Å²) in [5.41, 5.74) is 3.54. The Hall–Kier alpha value is -2.33. The molecule has 0 N–H and O–H groups in total. The Kier molecular flexibility index (Phi) is 6.87. The number of esters is 1. The molecule has 1 unspecified atom stereocenters. The number of aromatic nitrogens is 2. The van der Waals surface area contributed by atoms with Crippen LogP contribution in [0, 0.1) is 17.2 Å². The molecule has 3 rings (SSSR count). The molecule has 0 bridgehead atoms. The van der Waals surface area contributed by atoms with E-state index in [1.54, 1.807) is 0 Å². The predicted octanol–water partition coefficient (Wildman–Crippen LogP) is 4.25. The third-order valence-electron chi connectivity index (χ3n) is 5.24. The minimum absolute atomic E-state index is 0.0538. The van der Waals surface area contributed by atoms with E-state index in [0.29, 0.717) is 31.5 Å². The molecule has 0 saturated heterocycles. The zero-order valence-corrected chi connectivity index (χ0v) is 19.1. The van der Waals surface area contributed by atoms with E-state index in [0.717, 1.165) is 35.9 Å². The Balaban J connectivity index is 1.92. The van der Waals surface area contributed by atoms with Gasteiger partial charge in [0.15, 0.2) is 5.16 Å². The van der Waals surface area contributed by atoms with Crippen molar-refractivity contribution in [2.75, 3.05) is 24.2 Å². The number of allylic oxidation sites excluding steroid dienone is 1. The lowest BCUT2D eigenvalue weighted by Gasteiger charge is -2.29. The maximum Gasteiger partial charge on any atom is 0.334 e. The number of ether oxygens (including phenoxy) is 1. The quantitative estimate of drug-likeness (QED) is 0.308. The number of nitriles is 1. The second-order valence-electron chi connectivity index (χ2n) is 8.90. The molecule has 2 heterocycles. The van der Waals surface area contributed by atoms with Crippen molar-refractivity contribution >= 4 is 23.5 Å². The van der Waals surface area contributed by atoms with Gasteiger partial charge in [-0.3, -0.25) is 0 Å². The fraction of sp³-hybridized carbons (Fsp3) is 0.565. The molecular weight excluding hydrogens is 396 g/mol. The van der Waals surface area contributed by atoms with Gasteiger partial charge in [-0.2, -0.15) is 5.26 Å². The van der Waals surface area contributed by atoms with Gasteiger partial charge in [-0.1, -0.05) is 30.0 Å². The highest BCUT2D eigenvalue weighted by Crippen LogP contribution is 2.33. The molecule has 0 saturated carbocycles. The number of hydrogen-bond donors (Lipinski definition) is 0. The summed E-state index contributed by atoms with van der Waals surface area (Å²) in [6, 6.07) is 2.26. The van der Waals surface area contributed by atoms with E-state index in [1.165, 1.54) is 22.9 Å². The van der Waals surface area contributed by atoms with Crippen LogP contribution in [-0.4, -0.2) is 40.9 Å². The Labute approximate surface area is 183 Å². The number of rotatable bonds is 4. The summed E-state index contributed by atoms with van der Waals surface area (Å²) < 4.78 is 5.59. The standard InChI is InChI=1S/C23H30N4O2S/c1-15-6-7-18-19(12-15)25-22(30-5)26-20(18)27-11-9-17(13-16(14-27)8-10-24)21(28)29-23(2,3)4/h13,16H,1,6-9,11-12,14H2,2-5H3. The van der Waals surface area contributed by atoms with Crippen molar-refractivity contribution < 1.29 is 9.53 Å². The van der Waals surface area contributed by atoms with Crippen LogP contribution in [0.25, 0.3) is 0 Å². The highest BCUT2D eigenvalue weighted by atomic mass is 32.2. The average Bonchev–Trinajstić information content (AvgIpc) is 2.88. The topological polar surface area (TPSA) is 79.1 Å². The van der Waals surface area contributed by atoms with Gasteiger partial charge in [-0.25, -0.2) is 14.8 Å². The van der Waals surface area contributed by atoms with Crippen molar-refractivity contribution in [3.05, 3.63) is 35.1 Å². The fourth-order valence-corrected chi connectivity index (χ4v) is 4.25. The smallest absolute Gasteiger partial charge is 0.334 e. The first-order chi connectivity index (χ1) is 14.2. The number of thioether (sulfide) groups is 1. The van der Waals surface area contributed by atoms with Gasteiger partial charge in [0.05, 0.1) is 11.8 Å². The van der Waals surface area contributed by atoms with Crippen LogP contribution in [0.2, 0.25) is 0 Å². The first kappa shape index (κ1) is 22.4. The average molecular weight is 427 g/mol. The summed E-state index contributed by atoms with van der Waals surface area (Å²) in [7, 11) is 0. The van der Waals surface area contributed by atoms with Gasteiger partial charge in [0.1, 0.15) is 11.4 Å². The Bertz CT molecular complexity index is 911.